The van der Waals surface area contributed by atoms with Gasteiger partial charge in [0.2, 0.25) is 11.8 Å². The van der Waals surface area contributed by atoms with E-state index >= 15 is 0 Å². The van der Waals surface area contributed by atoms with Crippen molar-refractivity contribution in [3.05, 3.63) is 36.9 Å². The standard InChI is InChI=1S/C25H31N5O5S/c1-4-10-28(13-29-17-9-7-6-8-16(17)26-27-29)23(33)21-25-14(3)11-18(36-25)19(24(34)35)20(25)22(32)30(21)15(5-2)12-31/h4,6-9,14-15,18-21,31H,1,5,10-13H2,2-3H3,(H,34,35)/t14?,15-,18-,19+,20-,21?,25?/m0/s1. The molecule has 3 saturated heterocycles. The lowest BCUT2D eigenvalue weighted by atomic mass is 9.66. The van der Waals surface area contributed by atoms with E-state index in [2.05, 4.69) is 16.9 Å². The van der Waals surface area contributed by atoms with Crippen molar-refractivity contribution in [2.75, 3.05) is 13.2 Å². The largest absolute Gasteiger partial charge is 0.481 e. The first-order chi connectivity index (χ1) is 17.3. The fourth-order valence-electron chi connectivity index (χ4n) is 6.56. The van der Waals surface area contributed by atoms with Gasteiger partial charge in [-0.1, -0.05) is 37.3 Å². The SMILES string of the molecule is C=CCN(Cn1nnc2ccccc21)C(=O)C1N([C@@H](CC)CO)C(=O)[C@@H]2[C@H](C(=O)O)[C@@H]3CC(C)C12S3. The third-order valence-corrected chi connectivity index (χ3v) is 10.2. The number of hydrogen-bond donors (Lipinski definition) is 2. The van der Waals surface area contributed by atoms with Gasteiger partial charge in [0.15, 0.2) is 0 Å². The second-order valence-corrected chi connectivity index (χ2v) is 11.5. The Kier molecular flexibility index (Phi) is 6.32. The zero-order valence-corrected chi connectivity index (χ0v) is 21.2. The molecule has 3 unspecified atom stereocenters. The maximum atomic E-state index is 14.4. The minimum atomic E-state index is -0.998. The van der Waals surface area contributed by atoms with E-state index in [0.29, 0.717) is 18.4 Å². The quantitative estimate of drug-likeness (QED) is 0.484. The number of thioether (sulfide) groups is 1. The highest BCUT2D eigenvalue weighted by atomic mass is 32.2. The molecule has 2 bridgehead atoms. The van der Waals surface area contributed by atoms with Crippen LogP contribution >= 0.6 is 11.8 Å². The molecular formula is C25H31N5O5S. The lowest BCUT2D eigenvalue weighted by molar-refractivity contribution is -0.150. The molecule has 2 aromatic rings. The van der Waals surface area contributed by atoms with Crippen LogP contribution in [0.15, 0.2) is 36.9 Å². The smallest absolute Gasteiger partial charge is 0.308 e. The Morgan fingerprint density at radius 1 is 1.39 bits per heavy atom. The maximum Gasteiger partial charge on any atom is 0.308 e. The number of carboxylic acids is 1. The average Bonchev–Trinajstić information content (AvgIpc) is 3.57. The van der Waals surface area contributed by atoms with E-state index < -0.39 is 34.6 Å². The number of benzene rings is 1. The van der Waals surface area contributed by atoms with Gasteiger partial charge in [0.05, 0.1) is 34.7 Å². The summed E-state index contributed by atoms with van der Waals surface area (Å²) in [5, 5.41) is 28.4. The number of aliphatic carboxylic acids is 1. The lowest BCUT2D eigenvalue weighted by Gasteiger charge is -2.41. The molecule has 192 valence electrons. The van der Waals surface area contributed by atoms with E-state index in [9.17, 15) is 24.6 Å². The number of aliphatic hydroxyl groups is 1. The minimum Gasteiger partial charge on any atom is -0.481 e. The monoisotopic (exact) mass is 513 g/mol. The Bertz CT molecular complexity index is 1210. The van der Waals surface area contributed by atoms with Crippen LogP contribution in [0.4, 0.5) is 0 Å². The summed E-state index contributed by atoms with van der Waals surface area (Å²) in [7, 11) is 0. The second kappa shape index (κ2) is 9.19. The molecule has 2 N–H and O–H groups in total. The molecule has 11 heteroatoms. The number of carbonyl (C=O) groups excluding carboxylic acids is 2. The van der Waals surface area contributed by atoms with Crippen LogP contribution < -0.4 is 0 Å². The van der Waals surface area contributed by atoms with Crippen LogP contribution in [0.5, 0.6) is 0 Å². The highest BCUT2D eigenvalue weighted by Gasteiger charge is 2.76. The molecule has 3 fully saturated rings. The van der Waals surface area contributed by atoms with Gasteiger partial charge in [-0.05, 0) is 30.9 Å². The molecule has 1 aromatic carbocycles. The van der Waals surface area contributed by atoms with Gasteiger partial charge in [0.25, 0.3) is 0 Å². The van der Waals surface area contributed by atoms with Crippen molar-refractivity contribution in [2.45, 2.75) is 55.4 Å². The Hall–Kier alpha value is -2.92. The number of likely N-dealkylation sites (tertiary alicyclic amines) is 1. The summed E-state index contributed by atoms with van der Waals surface area (Å²) >= 11 is 1.49. The molecule has 4 heterocycles. The van der Waals surface area contributed by atoms with Gasteiger partial charge in [0.1, 0.15) is 18.2 Å². The van der Waals surface area contributed by atoms with Crippen LogP contribution in [-0.4, -0.2) is 88.0 Å². The molecule has 10 nitrogen and oxygen atoms in total. The predicted molar refractivity (Wildman–Crippen MR) is 134 cm³/mol. The molecule has 0 aliphatic carbocycles. The number of aromatic nitrogens is 3. The summed E-state index contributed by atoms with van der Waals surface area (Å²) in [6.45, 7) is 7.70. The van der Waals surface area contributed by atoms with Crippen LogP contribution in [0.25, 0.3) is 11.0 Å². The summed E-state index contributed by atoms with van der Waals surface area (Å²) in [4.78, 5) is 43.7. The van der Waals surface area contributed by atoms with Gasteiger partial charge in [-0.2, -0.15) is 0 Å². The van der Waals surface area contributed by atoms with E-state index in [1.54, 1.807) is 15.7 Å². The van der Waals surface area contributed by atoms with Gasteiger partial charge in [-0.25, -0.2) is 4.68 Å². The average molecular weight is 514 g/mol. The minimum absolute atomic E-state index is 0.0371. The number of amides is 2. The van der Waals surface area contributed by atoms with Crippen LogP contribution in [0.3, 0.4) is 0 Å². The molecule has 7 atom stereocenters. The van der Waals surface area contributed by atoms with Crippen molar-refractivity contribution in [1.82, 2.24) is 24.8 Å². The van der Waals surface area contributed by atoms with E-state index in [1.807, 2.05) is 38.1 Å². The van der Waals surface area contributed by atoms with E-state index in [1.165, 1.54) is 16.7 Å². The molecule has 1 spiro atoms. The van der Waals surface area contributed by atoms with E-state index in [-0.39, 0.29) is 42.8 Å². The van der Waals surface area contributed by atoms with Crippen molar-refractivity contribution >= 4 is 40.6 Å². The number of carbonyl (C=O) groups is 3. The molecule has 2 amide bonds. The number of nitrogens with zero attached hydrogens (tertiary/aromatic N) is 5. The van der Waals surface area contributed by atoms with Crippen LogP contribution in [0, 0.1) is 17.8 Å². The van der Waals surface area contributed by atoms with Gasteiger partial charge in [0, 0.05) is 11.8 Å². The van der Waals surface area contributed by atoms with Crippen LogP contribution in [0.1, 0.15) is 26.7 Å². The maximum absolute atomic E-state index is 14.4. The Labute approximate surface area is 213 Å². The first kappa shape index (κ1) is 24.8. The van der Waals surface area contributed by atoms with E-state index in [4.69, 9.17) is 0 Å². The summed E-state index contributed by atoms with van der Waals surface area (Å²) < 4.78 is 0.771. The Morgan fingerprint density at radius 3 is 2.81 bits per heavy atom. The number of carboxylic acid groups (broad SMARTS) is 1. The van der Waals surface area contributed by atoms with Gasteiger partial charge < -0.3 is 20.0 Å². The molecule has 3 aliphatic heterocycles. The molecule has 3 aliphatic rings. The van der Waals surface area contributed by atoms with Crippen LogP contribution in [0.2, 0.25) is 0 Å². The predicted octanol–water partition coefficient (Wildman–Crippen LogP) is 1.60. The summed E-state index contributed by atoms with van der Waals surface area (Å²) in [6, 6.07) is 5.98. The molecule has 5 rings (SSSR count). The van der Waals surface area contributed by atoms with Crippen molar-refractivity contribution in [2.24, 2.45) is 17.8 Å². The number of hydrogen-bond acceptors (Lipinski definition) is 7. The Morgan fingerprint density at radius 2 is 2.14 bits per heavy atom. The highest BCUT2D eigenvalue weighted by molar-refractivity contribution is 8.02. The van der Waals surface area contributed by atoms with Crippen LogP contribution in [-0.2, 0) is 21.1 Å². The van der Waals surface area contributed by atoms with Crippen molar-refractivity contribution in [3.63, 3.8) is 0 Å². The highest BCUT2D eigenvalue weighted by Crippen LogP contribution is 2.69. The molecular weight excluding hydrogens is 482 g/mol. The Balaban J connectivity index is 1.59. The second-order valence-electron chi connectivity index (χ2n) is 9.95. The first-order valence-electron chi connectivity index (χ1n) is 12.3. The third-order valence-electron chi connectivity index (χ3n) is 8.16. The number of fused-ring (bicyclic) bond motifs is 2. The number of rotatable bonds is 9. The zero-order chi connectivity index (χ0) is 25.8. The van der Waals surface area contributed by atoms with Gasteiger partial charge in [-0.3, -0.25) is 14.4 Å². The van der Waals surface area contributed by atoms with E-state index in [0.717, 1.165) is 5.52 Å². The topological polar surface area (TPSA) is 129 Å². The fraction of sp³-hybridized carbons (Fsp3) is 0.560. The molecule has 0 saturated carbocycles. The summed E-state index contributed by atoms with van der Waals surface area (Å²) in [5.74, 6) is -3.31. The molecule has 36 heavy (non-hydrogen) atoms. The van der Waals surface area contributed by atoms with Crippen molar-refractivity contribution in [3.8, 4) is 0 Å². The van der Waals surface area contributed by atoms with Crippen molar-refractivity contribution in [1.29, 1.82) is 0 Å². The zero-order valence-electron chi connectivity index (χ0n) is 20.4. The summed E-state index contributed by atoms with van der Waals surface area (Å²) in [5.41, 5.74) is 1.47. The molecule has 1 aromatic heterocycles. The first-order valence-corrected chi connectivity index (χ1v) is 13.2. The number of aliphatic hydroxyl groups excluding tert-OH is 1. The lowest BCUT2D eigenvalue weighted by Crippen LogP contribution is -2.59. The normalized spacial score (nSPS) is 31.6. The summed E-state index contributed by atoms with van der Waals surface area (Å²) in [6.07, 6.45) is 2.71. The third kappa shape index (κ3) is 3.39. The van der Waals surface area contributed by atoms with Crippen molar-refractivity contribution < 1.29 is 24.6 Å². The number of para-hydroxylation sites is 1. The molecule has 0 radical (unpaired) electrons. The fourth-order valence-corrected chi connectivity index (χ4v) is 8.95. The van der Waals surface area contributed by atoms with Gasteiger partial charge >= 0.3 is 5.97 Å². The van der Waals surface area contributed by atoms with Gasteiger partial charge in [-0.15, -0.1) is 23.4 Å².